The summed E-state index contributed by atoms with van der Waals surface area (Å²) in [6, 6.07) is 4.84. The van der Waals surface area contributed by atoms with Crippen LogP contribution in [-0.4, -0.2) is 6.04 Å². The maximum absolute atomic E-state index is 6.29. The molecule has 0 aromatic carbocycles. The molecular formula is C13H19NS. The monoisotopic (exact) mass is 221 g/mol. The molecule has 3 unspecified atom stereocenters. The van der Waals surface area contributed by atoms with E-state index in [2.05, 4.69) is 17.5 Å². The Morgan fingerprint density at radius 3 is 2.87 bits per heavy atom. The van der Waals surface area contributed by atoms with Crippen LogP contribution in [0.15, 0.2) is 17.5 Å². The lowest BCUT2D eigenvalue weighted by Gasteiger charge is -2.12. The van der Waals surface area contributed by atoms with E-state index in [-0.39, 0.29) is 0 Å². The predicted octanol–water partition coefficient (Wildman–Crippen LogP) is 3.05. The summed E-state index contributed by atoms with van der Waals surface area (Å²) in [6.07, 6.45) is 6.76. The van der Waals surface area contributed by atoms with Crippen LogP contribution in [0.4, 0.5) is 0 Å². The minimum atomic E-state index is 0.474. The summed E-state index contributed by atoms with van der Waals surface area (Å²) in [7, 11) is 0. The van der Waals surface area contributed by atoms with E-state index in [1.807, 2.05) is 11.3 Å². The number of hydrogen-bond donors (Lipinski definition) is 1. The van der Waals surface area contributed by atoms with Gasteiger partial charge in [-0.05, 0) is 54.9 Å². The van der Waals surface area contributed by atoms with Crippen LogP contribution in [0.5, 0.6) is 0 Å². The second kappa shape index (κ2) is 3.91. The fourth-order valence-corrected chi connectivity index (χ4v) is 4.19. The third-order valence-corrected chi connectivity index (χ3v) is 5.21. The molecule has 0 bridgehead atoms. The molecule has 1 heterocycles. The average Bonchev–Trinajstić information content (AvgIpc) is 2.72. The van der Waals surface area contributed by atoms with E-state index < -0.39 is 0 Å². The van der Waals surface area contributed by atoms with E-state index in [1.54, 1.807) is 0 Å². The highest BCUT2D eigenvalue weighted by atomic mass is 32.1. The second-order valence-electron chi connectivity index (χ2n) is 5.12. The van der Waals surface area contributed by atoms with Crippen molar-refractivity contribution in [1.29, 1.82) is 0 Å². The first kappa shape index (κ1) is 9.86. The average molecular weight is 221 g/mol. The van der Waals surface area contributed by atoms with E-state index in [0.717, 1.165) is 17.8 Å². The third kappa shape index (κ3) is 1.85. The van der Waals surface area contributed by atoms with Gasteiger partial charge in [-0.2, -0.15) is 0 Å². The highest BCUT2D eigenvalue weighted by Crippen LogP contribution is 2.59. The maximum atomic E-state index is 6.29. The SMILES string of the molecule is NC(CCc1cccs1)C1C2CCCC21. The first-order valence-electron chi connectivity index (χ1n) is 6.14. The normalized spacial score (nSPS) is 35.1. The predicted molar refractivity (Wildman–Crippen MR) is 64.9 cm³/mol. The van der Waals surface area contributed by atoms with E-state index >= 15 is 0 Å². The molecule has 1 aromatic rings. The summed E-state index contributed by atoms with van der Waals surface area (Å²) >= 11 is 1.86. The molecule has 0 radical (unpaired) electrons. The summed E-state index contributed by atoms with van der Waals surface area (Å²) < 4.78 is 0. The summed E-state index contributed by atoms with van der Waals surface area (Å²) in [5.74, 6) is 2.92. The number of rotatable bonds is 4. The topological polar surface area (TPSA) is 26.0 Å². The largest absolute Gasteiger partial charge is 0.327 e. The molecule has 0 spiro atoms. The lowest BCUT2D eigenvalue weighted by molar-refractivity contribution is 0.464. The second-order valence-corrected chi connectivity index (χ2v) is 6.15. The molecule has 2 fully saturated rings. The van der Waals surface area contributed by atoms with E-state index in [1.165, 1.54) is 37.0 Å². The highest BCUT2D eigenvalue weighted by molar-refractivity contribution is 7.09. The molecule has 2 N–H and O–H groups in total. The Bertz CT molecular complexity index is 309. The van der Waals surface area contributed by atoms with Crippen LogP contribution in [0, 0.1) is 17.8 Å². The molecule has 1 aromatic heterocycles. The molecule has 15 heavy (non-hydrogen) atoms. The summed E-state index contributed by atoms with van der Waals surface area (Å²) in [6.45, 7) is 0. The molecule has 3 atom stereocenters. The lowest BCUT2D eigenvalue weighted by Crippen LogP contribution is -2.25. The van der Waals surface area contributed by atoms with Crippen molar-refractivity contribution < 1.29 is 0 Å². The molecule has 0 saturated heterocycles. The molecule has 0 amide bonds. The van der Waals surface area contributed by atoms with Crippen molar-refractivity contribution in [3.05, 3.63) is 22.4 Å². The van der Waals surface area contributed by atoms with Crippen molar-refractivity contribution in [2.45, 2.75) is 38.1 Å². The molecule has 3 rings (SSSR count). The molecule has 2 aliphatic carbocycles. The van der Waals surface area contributed by atoms with Crippen molar-refractivity contribution in [2.24, 2.45) is 23.5 Å². The van der Waals surface area contributed by atoms with Gasteiger partial charge in [0.2, 0.25) is 0 Å². The third-order valence-electron chi connectivity index (χ3n) is 4.27. The molecule has 1 nitrogen and oxygen atoms in total. The van der Waals surface area contributed by atoms with Crippen molar-refractivity contribution in [3.63, 3.8) is 0 Å². The molecule has 0 aliphatic heterocycles. The number of thiophene rings is 1. The Balaban J connectivity index is 1.48. The van der Waals surface area contributed by atoms with Crippen LogP contribution in [0.3, 0.4) is 0 Å². The molecular weight excluding hydrogens is 202 g/mol. The van der Waals surface area contributed by atoms with Gasteiger partial charge >= 0.3 is 0 Å². The van der Waals surface area contributed by atoms with Crippen LogP contribution < -0.4 is 5.73 Å². The molecule has 2 heteroatoms. The van der Waals surface area contributed by atoms with Gasteiger partial charge in [0.25, 0.3) is 0 Å². The number of aryl methyl sites for hydroxylation is 1. The summed E-state index contributed by atoms with van der Waals surface area (Å²) in [4.78, 5) is 1.50. The summed E-state index contributed by atoms with van der Waals surface area (Å²) in [5, 5.41) is 2.16. The van der Waals surface area contributed by atoms with Crippen molar-refractivity contribution in [1.82, 2.24) is 0 Å². The van der Waals surface area contributed by atoms with E-state index in [4.69, 9.17) is 5.73 Å². The highest BCUT2D eigenvalue weighted by Gasteiger charge is 2.54. The zero-order valence-corrected chi connectivity index (χ0v) is 9.88. The first-order chi connectivity index (χ1) is 7.36. The van der Waals surface area contributed by atoms with Crippen LogP contribution in [-0.2, 0) is 6.42 Å². The Kier molecular flexibility index (Phi) is 2.57. The van der Waals surface area contributed by atoms with Gasteiger partial charge in [0, 0.05) is 10.9 Å². The zero-order valence-electron chi connectivity index (χ0n) is 9.06. The van der Waals surface area contributed by atoms with E-state index in [0.29, 0.717) is 6.04 Å². The standard InChI is InChI=1S/C13H19NS/c14-12(7-6-9-3-2-8-15-9)13-10-4-1-5-11(10)13/h2-3,8,10-13H,1,4-7,14H2. The quantitative estimate of drug-likeness (QED) is 0.831. The maximum Gasteiger partial charge on any atom is 0.00761 e. The van der Waals surface area contributed by atoms with Crippen LogP contribution >= 0.6 is 11.3 Å². The van der Waals surface area contributed by atoms with Crippen LogP contribution in [0.2, 0.25) is 0 Å². The fourth-order valence-electron chi connectivity index (χ4n) is 3.47. The Morgan fingerprint density at radius 2 is 2.20 bits per heavy atom. The molecule has 2 saturated carbocycles. The number of hydrogen-bond acceptors (Lipinski definition) is 2. The van der Waals surface area contributed by atoms with Gasteiger partial charge in [0.1, 0.15) is 0 Å². The number of nitrogens with two attached hydrogens (primary N) is 1. The first-order valence-corrected chi connectivity index (χ1v) is 7.02. The van der Waals surface area contributed by atoms with Gasteiger partial charge in [0.05, 0.1) is 0 Å². The zero-order chi connectivity index (χ0) is 10.3. The van der Waals surface area contributed by atoms with Crippen molar-refractivity contribution >= 4 is 11.3 Å². The summed E-state index contributed by atoms with van der Waals surface area (Å²) in [5.41, 5.74) is 6.29. The smallest absolute Gasteiger partial charge is 0.00761 e. The Labute approximate surface area is 95.7 Å². The van der Waals surface area contributed by atoms with Crippen molar-refractivity contribution in [2.75, 3.05) is 0 Å². The van der Waals surface area contributed by atoms with E-state index in [9.17, 15) is 0 Å². The van der Waals surface area contributed by atoms with Gasteiger partial charge in [-0.25, -0.2) is 0 Å². The fraction of sp³-hybridized carbons (Fsp3) is 0.692. The minimum absolute atomic E-state index is 0.474. The van der Waals surface area contributed by atoms with Gasteiger partial charge in [0.15, 0.2) is 0 Å². The van der Waals surface area contributed by atoms with Gasteiger partial charge < -0.3 is 5.73 Å². The molecule has 82 valence electrons. The van der Waals surface area contributed by atoms with Crippen LogP contribution in [0.25, 0.3) is 0 Å². The van der Waals surface area contributed by atoms with Crippen LogP contribution in [0.1, 0.15) is 30.6 Å². The van der Waals surface area contributed by atoms with Gasteiger partial charge in [-0.1, -0.05) is 12.5 Å². The van der Waals surface area contributed by atoms with Gasteiger partial charge in [-0.15, -0.1) is 11.3 Å². The Morgan fingerprint density at radius 1 is 1.40 bits per heavy atom. The van der Waals surface area contributed by atoms with Gasteiger partial charge in [-0.3, -0.25) is 0 Å². The van der Waals surface area contributed by atoms with Crippen molar-refractivity contribution in [3.8, 4) is 0 Å². The number of fused-ring (bicyclic) bond motifs is 1. The lowest BCUT2D eigenvalue weighted by atomic mass is 10.0. The molecule has 2 aliphatic rings. The Hall–Kier alpha value is -0.340. The minimum Gasteiger partial charge on any atom is -0.327 e.